The average Bonchev–Trinajstić information content (AvgIpc) is 4.20. The molecule has 11 aromatic carbocycles. The summed E-state index contributed by atoms with van der Waals surface area (Å²) in [6.07, 6.45) is -0.162. The largest absolute Gasteiger partial charge is 0.309 e. The summed E-state index contributed by atoms with van der Waals surface area (Å²) in [4.78, 5) is 6.74. The van der Waals surface area contributed by atoms with Gasteiger partial charge in [0.15, 0.2) is 5.69 Å². The third-order valence-corrected chi connectivity index (χ3v) is 15.7. The molecule has 16 rings (SSSR count). The Balaban J connectivity index is 1.07. The fourth-order valence-corrected chi connectivity index (χ4v) is 12.6. The monoisotopic (exact) mass is 945 g/mol. The van der Waals surface area contributed by atoms with Crippen LogP contribution in [-0.4, -0.2) is 24.1 Å². The van der Waals surface area contributed by atoms with Crippen molar-refractivity contribution in [2.75, 3.05) is 0 Å². The molecule has 0 fully saturated rings. The van der Waals surface area contributed by atoms with E-state index in [0.29, 0.717) is 0 Å². The average molecular weight is 946 g/mol. The molecule has 4 aromatic heterocycles. The van der Waals surface area contributed by atoms with Crippen molar-refractivity contribution in [3.05, 3.63) is 272 Å². The quantitative estimate of drug-likeness (QED) is 0.165. The summed E-state index contributed by atoms with van der Waals surface area (Å²) in [5, 5.41) is 9.71. The maximum Gasteiger partial charge on any atom is 0.241 e. The number of amidine groups is 1. The third kappa shape index (κ3) is 5.77. The van der Waals surface area contributed by atoms with Gasteiger partial charge < -0.3 is 18.3 Å². The zero-order chi connectivity index (χ0) is 48.4. The van der Waals surface area contributed by atoms with E-state index in [9.17, 15) is 0 Å². The first-order valence-corrected chi connectivity index (χ1v) is 25.5. The second-order valence-electron chi connectivity index (χ2n) is 19.6. The van der Waals surface area contributed by atoms with Gasteiger partial charge in [0, 0.05) is 77.5 Å². The van der Waals surface area contributed by atoms with Gasteiger partial charge in [-0.2, -0.15) is 4.99 Å². The van der Waals surface area contributed by atoms with Crippen molar-refractivity contribution in [3.63, 3.8) is 0 Å². The summed E-state index contributed by atoms with van der Waals surface area (Å²) >= 11 is 0. The van der Waals surface area contributed by atoms with Crippen LogP contribution in [0.1, 0.15) is 17.3 Å². The number of para-hydroxylation sites is 6. The van der Waals surface area contributed by atoms with Crippen molar-refractivity contribution >= 4 is 98.7 Å². The maximum atomic E-state index is 5.51. The molecule has 0 aliphatic carbocycles. The number of aliphatic imine (C=N–C) groups is 1. The molecule has 2 unspecified atom stereocenters. The normalized spacial score (nSPS) is 14.8. The summed E-state index contributed by atoms with van der Waals surface area (Å²) in [5.41, 5.74) is 17.4. The van der Waals surface area contributed by atoms with E-state index in [0.717, 1.165) is 45.2 Å². The topological polar surface area (TPSA) is 36.5 Å². The van der Waals surface area contributed by atoms with Gasteiger partial charge in [-0.3, -0.25) is 0 Å². The highest BCUT2D eigenvalue weighted by Gasteiger charge is 2.43. The number of fused-ring (bicyclic) bond motifs is 14. The number of quaternary nitrogens is 1. The Morgan fingerprint density at radius 3 is 1.41 bits per heavy atom. The van der Waals surface area contributed by atoms with Crippen LogP contribution >= 0.6 is 0 Å². The lowest BCUT2D eigenvalue weighted by atomic mass is 10.0. The van der Waals surface area contributed by atoms with Gasteiger partial charge in [-0.15, -0.1) is 0 Å². The molecule has 0 amide bonds. The Morgan fingerprint density at radius 2 is 0.757 bits per heavy atom. The van der Waals surface area contributed by atoms with Crippen LogP contribution in [0.15, 0.2) is 266 Å². The van der Waals surface area contributed by atoms with E-state index in [1.165, 1.54) is 92.3 Å². The number of aromatic nitrogens is 4. The van der Waals surface area contributed by atoms with Crippen molar-refractivity contribution in [2.24, 2.45) is 4.99 Å². The molecule has 1 aliphatic rings. The Morgan fingerprint density at radius 1 is 0.297 bits per heavy atom. The molecular weight excluding hydrogens is 901 g/mol. The van der Waals surface area contributed by atoms with Crippen LogP contribution in [0.5, 0.6) is 0 Å². The molecule has 0 spiro atoms. The fourth-order valence-electron chi connectivity index (χ4n) is 12.6. The molecule has 0 radical (unpaired) electrons. The first kappa shape index (κ1) is 40.9. The van der Waals surface area contributed by atoms with Gasteiger partial charge in [0.1, 0.15) is 5.52 Å². The van der Waals surface area contributed by atoms with Gasteiger partial charge in [0.2, 0.25) is 12.0 Å². The van der Waals surface area contributed by atoms with Crippen molar-refractivity contribution in [2.45, 2.75) is 6.17 Å². The van der Waals surface area contributed by atoms with Gasteiger partial charge in [0.05, 0.1) is 44.2 Å². The van der Waals surface area contributed by atoms with Crippen LogP contribution in [-0.2, 0) is 0 Å². The minimum Gasteiger partial charge on any atom is -0.309 e. The first-order chi connectivity index (χ1) is 36.8. The smallest absolute Gasteiger partial charge is 0.241 e. The Labute approximate surface area is 425 Å². The van der Waals surface area contributed by atoms with Gasteiger partial charge in [0.25, 0.3) is 0 Å². The minimum absolute atomic E-state index is 0.162. The van der Waals surface area contributed by atoms with Gasteiger partial charge >= 0.3 is 0 Å². The summed E-state index contributed by atoms with van der Waals surface area (Å²) in [6.45, 7) is 0. The maximum absolute atomic E-state index is 5.51. The summed E-state index contributed by atoms with van der Waals surface area (Å²) < 4.78 is 9.98. The minimum atomic E-state index is -0.162. The molecule has 0 saturated heterocycles. The lowest BCUT2D eigenvalue weighted by Crippen LogP contribution is -3.15. The molecule has 346 valence electrons. The lowest BCUT2D eigenvalue weighted by molar-refractivity contribution is -0.791. The first-order valence-electron chi connectivity index (χ1n) is 25.5. The molecule has 15 aromatic rings. The van der Waals surface area contributed by atoms with Crippen molar-refractivity contribution in [1.29, 1.82) is 0 Å². The van der Waals surface area contributed by atoms with Gasteiger partial charge in [-0.1, -0.05) is 164 Å². The highest BCUT2D eigenvalue weighted by atomic mass is 15.4. The van der Waals surface area contributed by atoms with E-state index in [1.54, 1.807) is 0 Å². The summed E-state index contributed by atoms with van der Waals surface area (Å²) in [5.74, 6) is 1.03. The van der Waals surface area contributed by atoms with Gasteiger partial charge in [-0.05, 0) is 91.0 Å². The Bertz CT molecular complexity index is 4760. The zero-order valence-corrected chi connectivity index (χ0v) is 40.1. The lowest BCUT2D eigenvalue weighted by Gasteiger charge is -2.34. The highest BCUT2D eigenvalue weighted by molar-refractivity contribution is 6.30. The number of hydrogen-bond donors (Lipinski definition) is 1. The molecular formula is C68H45N6+. The number of nitrogens with zero attached hydrogens (tertiary/aromatic N) is 5. The van der Waals surface area contributed by atoms with E-state index >= 15 is 0 Å². The molecule has 6 nitrogen and oxygen atoms in total. The van der Waals surface area contributed by atoms with E-state index < -0.39 is 0 Å². The summed E-state index contributed by atoms with van der Waals surface area (Å²) in [6, 6.07) is 95.3. The molecule has 0 saturated carbocycles. The molecule has 5 heterocycles. The van der Waals surface area contributed by atoms with Gasteiger partial charge in [-0.25, -0.2) is 4.90 Å². The number of benzene rings is 11. The second-order valence-corrected chi connectivity index (χ2v) is 19.6. The van der Waals surface area contributed by atoms with Crippen LogP contribution in [0.2, 0.25) is 0 Å². The predicted molar refractivity (Wildman–Crippen MR) is 307 cm³/mol. The van der Waals surface area contributed by atoms with E-state index in [1.807, 2.05) is 0 Å². The SMILES string of the molecule is c1ccc(C2=NC(c3ccccc3)[NH+]2c2cc3c4cc(-n5c6ccccc6c6ccc7c(c8ccccc8n7-c7ccccc7)c65)ccc4n(-c4ccccc4)c3c3c4ccccc4n(-c4ccccc4)c23)cc1. The highest BCUT2D eigenvalue weighted by Crippen LogP contribution is 2.47. The summed E-state index contributed by atoms with van der Waals surface area (Å²) in [7, 11) is 0. The standard InChI is InChI=1S/C68H44N6/c1-6-22-44(23-7-1)67-69-68(45-24-8-2-9-25-45)74(67)61-43-55-54-42-49(73-56-35-19-16-32-50(56)51-39-41-60-62(64(51)73)52-33-17-20-36-57(52)70(60)46-26-10-3-11-27-46)38-40-59(54)71(47-28-12-4-13-29-47)65(55)63-53-34-18-21-37-58(53)72(66(61)63)48-30-14-5-15-31-48/h1-43,67H/p+1. The van der Waals surface area contributed by atoms with Crippen molar-refractivity contribution < 1.29 is 4.90 Å². The molecule has 74 heavy (non-hydrogen) atoms. The van der Waals surface area contributed by atoms with Crippen molar-refractivity contribution in [3.8, 4) is 22.7 Å². The molecule has 1 N–H and O–H groups in total. The van der Waals surface area contributed by atoms with E-state index in [-0.39, 0.29) is 6.17 Å². The van der Waals surface area contributed by atoms with E-state index in [2.05, 4.69) is 279 Å². The molecule has 0 bridgehead atoms. The van der Waals surface area contributed by atoms with Crippen LogP contribution in [0.25, 0.3) is 110 Å². The number of hydrogen-bond acceptors (Lipinski definition) is 1. The fraction of sp³-hybridized carbons (Fsp3) is 0.0147. The van der Waals surface area contributed by atoms with E-state index in [4.69, 9.17) is 4.99 Å². The number of rotatable bonds is 7. The predicted octanol–water partition coefficient (Wildman–Crippen LogP) is 15.8. The van der Waals surface area contributed by atoms with Crippen LogP contribution in [0.4, 0.5) is 5.69 Å². The third-order valence-electron chi connectivity index (χ3n) is 15.7. The Kier molecular flexibility index (Phi) is 8.78. The Hall–Kier alpha value is -9.75. The van der Waals surface area contributed by atoms with Crippen LogP contribution < -0.4 is 4.90 Å². The van der Waals surface area contributed by atoms with Crippen molar-refractivity contribution in [1.82, 2.24) is 18.3 Å². The van der Waals surface area contributed by atoms with Crippen LogP contribution in [0.3, 0.4) is 0 Å². The zero-order valence-electron chi connectivity index (χ0n) is 40.1. The number of nitrogens with one attached hydrogen (secondary N) is 1. The molecule has 6 heteroatoms. The molecule has 1 aliphatic heterocycles. The molecule has 2 atom stereocenters. The second kappa shape index (κ2) is 15.9. The van der Waals surface area contributed by atoms with Crippen LogP contribution in [0, 0.1) is 0 Å².